The summed E-state index contributed by atoms with van der Waals surface area (Å²) in [5.41, 5.74) is 7.07. The number of hydrogen-bond donors (Lipinski definition) is 2. The molecule has 0 saturated carbocycles. The SMILES string of the molecule is CCCC(CN)C(C)(O)c1ccccc1C. The summed E-state index contributed by atoms with van der Waals surface area (Å²) in [6.45, 7) is 6.55. The van der Waals surface area contributed by atoms with Gasteiger partial charge >= 0.3 is 0 Å². The lowest BCUT2D eigenvalue weighted by atomic mass is 9.79. The third-order valence-electron chi connectivity index (χ3n) is 3.41. The molecule has 0 saturated heterocycles. The van der Waals surface area contributed by atoms with Gasteiger partial charge in [0.2, 0.25) is 0 Å². The second-order valence-corrected chi connectivity index (χ2v) is 4.68. The van der Waals surface area contributed by atoms with E-state index in [0.29, 0.717) is 6.54 Å². The van der Waals surface area contributed by atoms with E-state index in [1.165, 1.54) is 0 Å². The number of aliphatic hydroxyl groups is 1. The average Bonchev–Trinajstić information content (AvgIpc) is 2.26. The van der Waals surface area contributed by atoms with Gasteiger partial charge in [0.05, 0.1) is 5.60 Å². The van der Waals surface area contributed by atoms with Crippen LogP contribution in [0.3, 0.4) is 0 Å². The molecule has 0 aliphatic carbocycles. The fraction of sp³-hybridized carbons (Fsp3) is 0.571. The van der Waals surface area contributed by atoms with Gasteiger partial charge < -0.3 is 10.8 Å². The zero-order valence-electron chi connectivity index (χ0n) is 10.5. The largest absolute Gasteiger partial charge is 0.385 e. The van der Waals surface area contributed by atoms with Gasteiger partial charge in [-0.3, -0.25) is 0 Å². The van der Waals surface area contributed by atoms with Crippen LogP contribution in [0.15, 0.2) is 24.3 Å². The highest BCUT2D eigenvalue weighted by Crippen LogP contribution is 2.33. The molecule has 0 amide bonds. The topological polar surface area (TPSA) is 46.2 Å². The van der Waals surface area contributed by atoms with Crippen molar-refractivity contribution >= 4 is 0 Å². The summed E-state index contributed by atoms with van der Waals surface area (Å²) >= 11 is 0. The first-order valence-corrected chi connectivity index (χ1v) is 6.02. The predicted molar refractivity (Wildman–Crippen MR) is 68.2 cm³/mol. The summed E-state index contributed by atoms with van der Waals surface area (Å²) in [6, 6.07) is 7.99. The van der Waals surface area contributed by atoms with E-state index in [4.69, 9.17) is 5.73 Å². The van der Waals surface area contributed by atoms with Crippen molar-refractivity contribution in [2.45, 2.75) is 39.2 Å². The molecule has 3 N–H and O–H groups in total. The van der Waals surface area contributed by atoms with Crippen molar-refractivity contribution in [1.29, 1.82) is 0 Å². The summed E-state index contributed by atoms with van der Waals surface area (Å²) in [5.74, 6) is 0.124. The second-order valence-electron chi connectivity index (χ2n) is 4.68. The number of aryl methyl sites for hydroxylation is 1. The summed E-state index contributed by atoms with van der Waals surface area (Å²) < 4.78 is 0. The normalized spacial score (nSPS) is 16.8. The maximum absolute atomic E-state index is 10.7. The molecule has 2 heteroatoms. The number of hydrogen-bond acceptors (Lipinski definition) is 2. The Morgan fingerprint density at radius 1 is 1.38 bits per heavy atom. The molecular weight excluding hydrogens is 198 g/mol. The predicted octanol–water partition coefficient (Wildman–Crippen LogP) is 2.58. The summed E-state index contributed by atoms with van der Waals surface area (Å²) in [5, 5.41) is 10.7. The zero-order valence-corrected chi connectivity index (χ0v) is 10.5. The van der Waals surface area contributed by atoms with Gasteiger partial charge in [-0.1, -0.05) is 37.6 Å². The number of nitrogens with two attached hydrogens (primary N) is 1. The lowest BCUT2D eigenvalue weighted by Gasteiger charge is -2.33. The minimum absolute atomic E-state index is 0.124. The van der Waals surface area contributed by atoms with Gasteiger partial charge in [-0.25, -0.2) is 0 Å². The molecule has 16 heavy (non-hydrogen) atoms. The van der Waals surface area contributed by atoms with Crippen molar-refractivity contribution in [3.05, 3.63) is 35.4 Å². The monoisotopic (exact) mass is 221 g/mol. The van der Waals surface area contributed by atoms with Crippen LogP contribution in [-0.2, 0) is 5.60 Å². The Balaban J connectivity index is 3.04. The molecule has 0 radical (unpaired) electrons. The maximum Gasteiger partial charge on any atom is 0.0911 e. The molecule has 0 aromatic heterocycles. The van der Waals surface area contributed by atoms with E-state index in [-0.39, 0.29) is 5.92 Å². The quantitative estimate of drug-likeness (QED) is 0.802. The van der Waals surface area contributed by atoms with Crippen molar-refractivity contribution in [3.8, 4) is 0 Å². The van der Waals surface area contributed by atoms with Crippen molar-refractivity contribution in [3.63, 3.8) is 0 Å². The Kier molecular flexibility index (Phi) is 4.51. The van der Waals surface area contributed by atoms with Crippen LogP contribution in [0.4, 0.5) is 0 Å². The van der Waals surface area contributed by atoms with Crippen LogP contribution in [0.2, 0.25) is 0 Å². The molecule has 0 aliphatic heterocycles. The number of rotatable bonds is 5. The summed E-state index contributed by atoms with van der Waals surface area (Å²) in [6.07, 6.45) is 2.00. The molecule has 0 bridgehead atoms. The average molecular weight is 221 g/mol. The Morgan fingerprint density at radius 3 is 2.50 bits per heavy atom. The van der Waals surface area contributed by atoms with E-state index >= 15 is 0 Å². The molecule has 1 aromatic carbocycles. The standard InChI is InChI=1S/C14H23NO/c1-4-7-12(10-15)14(3,16)13-9-6-5-8-11(13)2/h5-6,8-9,12,16H,4,7,10,15H2,1-3H3. The molecular formula is C14H23NO. The van der Waals surface area contributed by atoms with E-state index in [0.717, 1.165) is 24.0 Å². The van der Waals surface area contributed by atoms with Crippen LogP contribution in [0.25, 0.3) is 0 Å². The van der Waals surface area contributed by atoms with Crippen molar-refractivity contribution in [2.24, 2.45) is 11.7 Å². The highest BCUT2D eigenvalue weighted by molar-refractivity contribution is 5.31. The van der Waals surface area contributed by atoms with E-state index in [2.05, 4.69) is 6.92 Å². The second kappa shape index (κ2) is 5.46. The van der Waals surface area contributed by atoms with E-state index < -0.39 is 5.60 Å². The third-order valence-corrected chi connectivity index (χ3v) is 3.41. The molecule has 2 nitrogen and oxygen atoms in total. The van der Waals surface area contributed by atoms with Gasteiger partial charge in [0, 0.05) is 5.92 Å². The van der Waals surface area contributed by atoms with Crippen LogP contribution in [0.5, 0.6) is 0 Å². The van der Waals surface area contributed by atoms with Crippen molar-refractivity contribution in [1.82, 2.24) is 0 Å². The fourth-order valence-electron chi connectivity index (χ4n) is 2.34. The molecule has 0 spiro atoms. The Labute approximate surface area is 98.5 Å². The lowest BCUT2D eigenvalue weighted by molar-refractivity contribution is -0.00681. The minimum atomic E-state index is -0.823. The van der Waals surface area contributed by atoms with Crippen LogP contribution >= 0.6 is 0 Å². The molecule has 1 rings (SSSR count). The van der Waals surface area contributed by atoms with Crippen molar-refractivity contribution in [2.75, 3.05) is 6.54 Å². The molecule has 0 fully saturated rings. The molecule has 0 heterocycles. The van der Waals surface area contributed by atoms with E-state index in [1.807, 2.05) is 38.1 Å². The van der Waals surface area contributed by atoms with Crippen LogP contribution < -0.4 is 5.73 Å². The number of benzene rings is 1. The van der Waals surface area contributed by atoms with E-state index in [9.17, 15) is 5.11 Å². The highest BCUT2D eigenvalue weighted by Gasteiger charge is 2.32. The van der Waals surface area contributed by atoms with Gasteiger partial charge in [-0.15, -0.1) is 0 Å². The van der Waals surface area contributed by atoms with Gasteiger partial charge in [0.15, 0.2) is 0 Å². The first-order chi connectivity index (χ1) is 7.54. The van der Waals surface area contributed by atoms with Gasteiger partial charge in [-0.2, -0.15) is 0 Å². The van der Waals surface area contributed by atoms with Gasteiger partial charge in [0.25, 0.3) is 0 Å². The van der Waals surface area contributed by atoms with Crippen LogP contribution in [0.1, 0.15) is 37.8 Å². The lowest BCUT2D eigenvalue weighted by Crippen LogP contribution is -2.37. The summed E-state index contributed by atoms with van der Waals surface area (Å²) in [4.78, 5) is 0. The first-order valence-electron chi connectivity index (χ1n) is 6.02. The minimum Gasteiger partial charge on any atom is -0.385 e. The molecule has 2 unspecified atom stereocenters. The third kappa shape index (κ3) is 2.63. The van der Waals surface area contributed by atoms with Gasteiger partial charge in [0.1, 0.15) is 0 Å². The van der Waals surface area contributed by atoms with Crippen molar-refractivity contribution < 1.29 is 5.11 Å². The zero-order chi connectivity index (χ0) is 12.2. The Hall–Kier alpha value is -0.860. The first kappa shape index (κ1) is 13.2. The van der Waals surface area contributed by atoms with Gasteiger partial charge in [-0.05, 0) is 37.9 Å². The van der Waals surface area contributed by atoms with Crippen LogP contribution in [0, 0.1) is 12.8 Å². The summed E-state index contributed by atoms with van der Waals surface area (Å²) in [7, 11) is 0. The molecule has 2 atom stereocenters. The fourth-order valence-corrected chi connectivity index (χ4v) is 2.34. The molecule has 90 valence electrons. The Morgan fingerprint density at radius 2 is 2.00 bits per heavy atom. The maximum atomic E-state index is 10.7. The molecule has 0 aliphatic rings. The smallest absolute Gasteiger partial charge is 0.0911 e. The van der Waals surface area contributed by atoms with E-state index in [1.54, 1.807) is 0 Å². The molecule has 1 aromatic rings. The highest BCUT2D eigenvalue weighted by atomic mass is 16.3. The van der Waals surface area contributed by atoms with Crippen LogP contribution in [-0.4, -0.2) is 11.7 Å². The Bertz CT molecular complexity index is 333.